The Morgan fingerprint density at radius 2 is 2.14 bits per heavy atom. The number of ether oxygens (including phenoxy) is 1. The molecule has 1 aromatic rings. The third-order valence-electron chi connectivity index (χ3n) is 3.33. The molecule has 2 unspecified atom stereocenters. The average molecular weight is 327 g/mol. The van der Waals surface area contributed by atoms with E-state index in [-0.39, 0.29) is 18.2 Å². The Morgan fingerprint density at radius 1 is 1.41 bits per heavy atom. The highest BCUT2D eigenvalue weighted by Gasteiger charge is 2.18. The van der Waals surface area contributed by atoms with Crippen LogP contribution in [0.1, 0.15) is 65.5 Å². The highest BCUT2D eigenvalue weighted by molar-refractivity contribution is 7.07. The van der Waals surface area contributed by atoms with E-state index in [2.05, 4.69) is 41.3 Å². The van der Waals surface area contributed by atoms with Gasteiger partial charge in [0.25, 0.3) is 0 Å². The van der Waals surface area contributed by atoms with Crippen LogP contribution in [-0.2, 0) is 4.74 Å². The zero-order chi connectivity index (χ0) is 16.6. The Bertz CT molecular complexity index is 426. The van der Waals surface area contributed by atoms with Crippen molar-refractivity contribution in [3.05, 3.63) is 22.4 Å². The fourth-order valence-electron chi connectivity index (χ4n) is 2.19. The van der Waals surface area contributed by atoms with Crippen LogP contribution in [0.5, 0.6) is 0 Å². The second kappa shape index (κ2) is 9.16. The highest BCUT2D eigenvalue weighted by atomic mass is 32.1. The molecule has 4 nitrogen and oxygen atoms in total. The van der Waals surface area contributed by atoms with E-state index in [1.807, 2.05) is 20.8 Å². The molecule has 0 aliphatic rings. The van der Waals surface area contributed by atoms with Crippen LogP contribution in [0.4, 0.5) is 4.79 Å². The number of alkyl carbamates (subject to hydrolysis) is 1. The van der Waals surface area contributed by atoms with Crippen LogP contribution in [0, 0.1) is 0 Å². The van der Waals surface area contributed by atoms with Crippen LogP contribution >= 0.6 is 11.3 Å². The molecule has 1 aromatic heterocycles. The Kier molecular flexibility index (Phi) is 7.90. The molecule has 1 amide bonds. The first-order chi connectivity index (χ1) is 10.3. The molecule has 0 aliphatic heterocycles. The molecule has 2 atom stereocenters. The summed E-state index contributed by atoms with van der Waals surface area (Å²) in [4.78, 5) is 11.8. The van der Waals surface area contributed by atoms with Crippen LogP contribution in [0.2, 0.25) is 0 Å². The molecular formula is C17H30N2O2S. The molecule has 5 heteroatoms. The summed E-state index contributed by atoms with van der Waals surface area (Å²) in [6.45, 7) is 10.5. The van der Waals surface area contributed by atoms with E-state index < -0.39 is 5.60 Å². The number of carbonyl (C=O) groups is 1. The Morgan fingerprint density at radius 3 is 2.68 bits per heavy atom. The minimum absolute atomic E-state index is 0.252. The molecule has 0 aromatic carbocycles. The summed E-state index contributed by atoms with van der Waals surface area (Å²) in [6.07, 6.45) is 2.99. The average Bonchev–Trinajstić information content (AvgIpc) is 2.93. The SMILES string of the molecule is CCCCC(CNC(=O)OC(C)(C)C)NC(C)c1ccsc1. The summed E-state index contributed by atoms with van der Waals surface area (Å²) in [7, 11) is 0. The predicted molar refractivity (Wildman–Crippen MR) is 93.4 cm³/mol. The third-order valence-corrected chi connectivity index (χ3v) is 4.03. The van der Waals surface area contributed by atoms with E-state index in [4.69, 9.17) is 4.74 Å². The lowest BCUT2D eigenvalue weighted by Crippen LogP contribution is -2.43. The molecule has 0 aliphatic carbocycles. The lowest BCUT2D eigenvalue weighted by Gasteiger charge is -2.25. The van der Waals surface area contributed by atoms with E-state index in [0.717, 1.165) is 19.3 Å². The molecule has 0 fully saturated rings. The van der Waals surface area contributed by atoms with Gasteiger partial charge in [-0.2, -0.15) is 11.3 Å². The van der Waals surface area contributed by atoms with Gasteiger partial charge < -0.3 is 15.4 Å². The lowest BCUT2D eigenvalue weighted by atomic mass is 10.1. The number of unbranched alkanes of at least 4 members (excludes halogenated alkanes) is 1. The number of nitrogens with one attached hydrogen (secondary N) is 2. The molecule has 0 saturated carbocycles. The second-order valence-electron chi connectivity index (χ2n) is 6.67. The van der Waals surface area contributed by atoms with Crippen LogP contribution in [0.15, 0.2) is 16.8 Å². The molecule has 126 valence electrons. The first-order valence-corrected chi connectivity index (χ1v) is 9.01. The number of amides is 1. The maximum absolute atomic E-state index is 11.8. The van der Waals surface area contributed by atoms with Gasteiger partial charge in [-0.1, -0.05) is 19.8 Å². The third kappa shape index (κ3) is 7.80. The number of hydrogen-bond acceptors (Lipinski definition) is 4. The van der Waals surface area contributed by atoms with Crippen LogP contribution in [-0.4, -0.2) is 24.3 Å². The molecular weight excluding hydrogens is 296 g/mol. The fraction of sp³-hybridized carbons (Fsp3) is 0.706. The summed E-state index contributed by atoms with van der Waals surface area (Å²) >= 11 is 1.71. The van der Waals surface area contributed by atoms with Crippen molar-refractivity contribution in [2.24, 2.45) is 0 Å². The minimum Gasteiger partial charge on any atom is -0.444 e. The number of hydrogen-bond donors (Lipinski definition) is 2. The Labute approximate surface area is 138 Å². The van der Waals surface area contributed by atoms with Crippen molar-refractivity contribution in [3.8, 4) is 0 Å². The van der Waals surface area contributed by atoms with Crippen LogP contribution in [0.25, 0.3) is 0 Å². The van der Waals surface area contributed by atoms with E-state index in [9.17, 15) is 4.79 Å². The van der Waals surface area contributed by atoms with Crippen molar-refractivity contribution in [1.29, 1.82) is 0 Å². The molecule has 0 spiro atoms. The summed E-state index contributed by atoms with van der Waals surface area (Å²) < 4.78 is 5.29. The smallest absolute Gasteiger partial charge is 0.407 e. The van der Waals surface area contributed by atoms with Crippen LogP contribution < -0.4 is 10.6 Å². The van der Waals surface area contributed by atoms with Crippen molar-refractivity contribution in [2.45, 2.75) is 71.6 Å². The van der Waals surface area contributed by atoms with Gasteiger partial charge >= 0.3 is 6.09 Å². The first-order valence-electron chi connectivity index (χ1n) is 8.06. The largest absolute Gasteiger partial charge is 0.444 e. The zero-order valence-corrected chi connectivity index (χ0v) is 15.3. The topological polar surface area (TPSA) is 50.4 Å². The lowest BCUT2D eigenvalue weighted by molar-refractivity contribution is 0.0521. The van der Waals surface area contributed by atoms with Crippen LogP contribution in [0.3, 0.4) is 0 Å². The van der Waals surface area contributed by atoms with Gasteiger partial charge in [0.15, 0.2) is 0 Å². The predicted octanol–water partition coefficient (Wildman–Crippen LogP) is 4.48. The Balaban J connectivity index is 2.48. The summed E-state index contributed by atoms with van der Waals surface area (Å²) in [5.74, 6) is 0. The second-order valence-corrected chi connectivity index (χ2v) is 7.45. The molecule has 1 rings (SSSR count). The highest BCUT2D eigenvalue weighted by Crippen LogP contribution is 2.17. The quantitative estimate of drug-likeness (QED) is 0.740. The van der Waals surface area contributed by atoms with Gasteiger partial charge in [-0.3, -0.25) is 0 Å². The van der Waals surface area contributed by atoms with Gasteiger partial charge in [-0.05, 0) is 56.5 Å². The summed E-state index contributed by atoms with van der Waals surface area (Å²) in [5, 5.41) is 10.7. The van der Waals surface area contributed by atoms with E-state index in [1.165, 1.54) is 5.56 Å². The van der Waals surface area contributed by atoms with Crippen molar-refractivity contribution in [3.63, 3.8) is 0 Å². The van der Waals surface area contributed by atoms with E-state index >= 15 is 0 Å². The van der Waals surface area contributed by atoms with Crippen molar-refractivity contribution in [2.75, 3.05) is 6.54 Å². The number of rotatable bonds is 8. The van der Waals surface area contributed by atoms with Crippen molar-refractivity contribution in [1.82, 2.24) is 10.6 Å². The maximum Gasteiger partial charge on any atom is 0.407 e. The van der Waals surface area contributed by atoms with Gasteiger partial charge in [0.05, 0.1) is 0 Å². The molecule has 22 heavy (non-hydrogen) atoms. The van der Waals surface area contributed by atoms with Gasteiger partial charge in [0, 0.05) is 18.6 Å². The fourth-order valence-corrected chi connectivity index (χ4v) is 2.94. The standard InChI is InChI=1S/C17H30N2O2S/c1-6-7-8-15(11-18-16(20)21-17(3,4)5)19-13(2)14-9-10-22-12-14/h9-10,12-13,15,19H,6-8,11H2,1-5H3,(H,18,20). The van der Waals surface area contributed by atoms with E-state index in [0.29, 0.717) is 6.54 Å². The summed E-state index contributed by atoms with van der Waals surface area (Å²) in [5.41, 5.74) is 0.837. The molecule has 0 saturated heterocycles. The number of thiophene rings is 1. The van der Waals surface area contributed by atoms with Crippen molar-refractivity contribution >= 4 is 17.4 Å². The molecule has 2 N–H and O–H groups in total. The normalized spacial score (nSPS) is 14.4. The maximum atomic E-state index is 11.8. The first kappa shape index (κ1) is 19.0. The Hall–Kier alpha value is -1.07. The molecule has 0 radical (unpaired) electrons. The van der Waals surface area contributed by atoms with Gasteiger partial charge in [0.1, 0.15) is 5.60 Å². The summed E-state index contributed by atoms with van der Waals surface area (Å²) in [6, 6.07) is 2.68. The number of carbonyl (C=O) groups excluding carboxylic acids is 1. The monoisotopic (exact) mass is 326 g/mol. The minimum atomic E-state index is -0.458. The molecule has 0 bridgehead atoms. The zero-order valence-electron chi connectivity index (χ0n) is 14.4. The van der Waals surface area contributed by atoms with Crippen molar-refractivity contribution < 1.29 is 9.53 Å². The van der Waals surface area contributed by atoms with Gasteiger partial charge in [-0.15, -0.1) is 0 Å². The van der Waals surface area contributed by atoms with Gasteiger partial charge in [0.2, 0.25) is 0 Å². The molecule has 1 heterocycles. The van der Waals surface area contributed by atoms with E-state index in [1.54, 1.807) is 11.3 Å². The van der Waals surface area contributed by atoms with Gasteiger partial charge in [-0.25, -0.2) is 4.79 Å².